The monoisotopic (exact) mass is 539 g/mol. The summed E-state index contributed by atoms with van der Waals surface area (Å²) in [6.07, 6.45) is 21.5. The van der Waals surface area contributed by atoms with Crippen LogP contribution in [0.25, 0.3) is 0 Å². The van der Waals surface area contributed by atoms with E-state index < -0.39 is 0 Å². The molecule has 0 amide bonds. The van der Waals surface area contributed by atoms with Crippen LogP contribution in [0, 0.1) is 11.8 Å². The molecule has 4 nitrogen and oxygen atoms in total. The van der Waals surface area contributed by atoms with Crippen molar-refractivity contribution in [2.45, 2.75) is 144 Å². The summed E-state index contributed by atoms with van der Waals surface area (Å²) in [5, 5.41) is 7.39. The molecule has 38 heavy (non-hydrogen) atoms. The van der Waals surface area contributed by atoms with E-state index in [4.69, 9.17) is 0 Å². The summed E-state index contributed by atoms with van der Waals surface area (Å²) in [4.78, 5) is 5.42. The second-order valence-electron chi connectivity index (χ2n) is 12.4. The number of nitrogens with zero attached hydrogens (tertiary/aromatic N) is 2. The largest absolute Gasteiger partial charge is 0.317 e. The van der Waals surface area contributed by atoms with E-state index in [-0.39, 0.29) is 0 Å². The van der Waals surface area contributed by atoms with Gasteiger partial charge in [-0.15, -0.1) is 0 Å². The van der Waals surface area contributed by atoms with Crippen molar-refractivity contribution < 1.29 is 0 Å². The molecule has 0 aliphatic rings. The third-order valence-corrected chi connectivity index (χ3v) is 8.24. The Bertz CT molecular complexity index is 388. The van der Waals surface area contributed by atoms with Crippen LogP contribution in [0.4, 0.5) is 0 Å². The highest BCUT2D eigenvalue weighted by Gasteiger charge is 2.08. The standard InChI is InChI=1S/C34H74N4/c1-7-11-27-37(28-12-8-2)31-17-19-33(5)21-25-35-23-15-16-24-36-26-22-34(6)20-18-32-38(29-13-9-3)30-14-10-4/h33-36H,7-32H2,1-6H3. The molecule has 2 N–H and O–H groups in total. The molecule has 0 aromatic carbocycles. The van der Waals surface area contributed by atoms with E-state index in [9.17, 15) is 0 Å². The van der Waals surface area contributed by atoms with E-state index in [0.717, 1.165) is 11.8 Å². The lowest BCUT2D eigenvalue weighted by Crippen LogP contribution is -2.27. The topological polar surface area (TPSA) is 30.5 Å². The molecule has 0 aliphatic heterocycles. The zero-order valence-electron chi connectivity index (χ0n) is 27.4. The van der Waals surface area contributed by atoms with Gasteiger partial charge in [-0.25, -0.2) is 0 Å². The summed E-state index contributed by atoms with van der Waals surface area (Å²) in [5.74, 6) is 1.70. The number of hydrogen-bond donors (Lipinski definition) is 2. The average molecular weight is 539 g/mol. The van der Waals surface area contributed by atoms with Crippen molar-refractivity contribution in [2.24, 2.45) is 11.8 Å². The first-order valence-corrected chi connectivity index (χ1v) is 17.4. The molecule has 0 heterocycles. The van der Waals surface area contributed by atoms with E-state index in [2.05, 4.69) is 62.0 Å². The Morgan fingerprint density at radius 2 is 0.711 bits per heavy atom. The normalized spacial score (nSPS) is 13.6. The van der Waals surface area contributed by atoms with Crippen LogP contribution in [0.15, 0.2) is 0 Å². The van der Waals surface area contributed by atoms with Crippen LogP contribution in [0.3, 0.4) is 0 Å². The SMILES string of the molecule is CCCCN(CCCC)CCCC(C)CCNCCCCNCCC(C)CCCN(CCCC)CCCC. The minimum Gasteiger partial charge on any atom is -0.317 e. The Kier molecular flexibility index (Phi) is 29.7. The van der Waals surface area contributed by atoms with Crippen LogP contribution in [-0.4, -0.2) is 75.2 Å². The van der Waals surface area contributed by atoms with Gasteiger partial charge in [-0.2, -0.15) is 0 Å². The Labute approximate surface area is 241 Å². The molecule has 0 bridgehead atoms. The first-order valence-electron chi connectivity index (χ1n) is 17.4. The van der Waals surface area contributed by atoms with Crippen LogP contribution in [0.1, 0.15) is 144 Å². The van der Waals surface area contributed by atoms with Gasteiger partial charge in [-0.05, 0) is 154 Å². The van der Waals surface area contributed by atoms with Gasteiger partial charge in [0.25, 0.3) is 0 Å². The fourth-order valence-electron chi connectivity index (χ4n) is 5.26. The van der Waals surface area contributed by atoms with Crippen LogP contribution in [0.5, 0.6) is 0 Å². The van der Waals surface area contributed by atoms with Gasteiger partial charge in [0.2, 0.25) is 0 Å². The zero-order valence-corrected chi connectivity index (χ0v) is 27.4. The zero-order chi connectivity index (χ0) is 28.1. The van der Waals surface area contributed by atoms with Crippen LogP contribution >= 0.6 is 0 Å². The second-order valence-corrected chi connectivity index (χ2v) is 12.4. The van der Waals surface area contributed by atoms with Crippen LogP contribution in [-0.2, 0) is 0 Å². The van der Waals surface area contributed by atoms with Gasteiger partial charge in [-0.1, -0.05) is 67.2 Å². The lowest BCUT2D eigenvalue weighted by Gasteiger charge is -2.22. The number of nitrogens with one attached hydrogen (secondary N) is 2. The maximum Gasteiger partial charge on any atom is -0.00186 e. The Balaban J connectivity index is 3.59. The van der Waals surface area contributed by atoms with Gasteiger partial charge in [0.05, 0.1) is 0 Å². The fourth-order valence-corrected chi connectivity index (χ4v) is 5.26. The minimum atomic E-state index is 0.848. The molecule has 0 rings (SSSR count). The summed E-state index contributed by atoms with van der Waals surface area (Å²) in [5.41, 5.74) is 0. The van der Waals surface area contributed by atoms with E-state index >= 15 is 0 Å². The molecule has 0 saturated carbocycles. The fraction of sp³-hybridized carbons (Fsp3) is 1.00. The van der Waals surface area contributed by atoms with Crippen molar-refractivity contribution in [3.05, 3.63) is 0 Å². The predicted octanol–water partition coefficient (Wildman–Crippen LogP) is 8.36. The van der Waals surface area contributed by atoms with Gasteiger partial charge in [0.15, 0.2) is 0 Å². The maximum atomic E-state index is 3.70. The third kappa shape index (κ3) is 26.1. The summed E-state index contributed by atoms with van der Waals surface area (Å²) < 4.78 is 0. The van der Waals surface area contributed by atoms with E-state index in [0.29, 0.717) is 0 Å². The highest BCUT2D eigenvalue weighted by molar-refractivity contribution is 4.64. The quantitative estimate of drug-likeness (QED) is 0.0868. The van der Waals surface area contributed by atoms with Crippen molar-refractivity contribution in [3.8, 4) is 0 Å². The third-order valence-electron chi connectivity index (χ3n) is 8.24. The molecular formula is C34H74N4. The molecule has 0 spiro atoms. The summed E-state index contributed by atoms with van der Waals surface area (Å²) in [6, 6.07) is 0. The Morgan fingerprint density at radius 3 is 1.03 bits per heavy atom. The lowest BCUT2D eigenvalue weighted by atomic mass is 10.0. The van der Waals surface area contributed by atoms with E-state index in [1.54, 1.807) is 0 Å². The highest BCUT2D eigenvalue weighted by atomic mass is 15.1. The first kappa shape index (κ1) is 37.8. The van der Waals surface area contributed by atoms with Crippen molar-refractivity contribution in [3.63, 3.8) is 0 Å². The second kappa shape index (κ2) is 29.8. The highest BCUT2D eigenvalue weighted by Crippen LogP contribution is 2.12. The molecule has 0 aromatic rings. The lowest BCUT2D eigenvalue weighted by molar-refractivity contribution is 0.253. The molecule has 0 aromatic heterocycles. The Hall–Kier alpha value is -0.160. The average Bonchev–Trinajstić information content (AvgIpc) is 2.92. The van der Waals surface area contributed by atoms with Gasteiger partial charge < -0.3 is 20.4 Å². The van der Waals surface area contributed by atoms with E-state index in [1.165, 1.54) is 168 Å². The Morgan fingerprint density at radius 1 is 0.395 bits per heavy atom. The van der Waals surface area contributed by atoms with Gasteiger partial charge >= 0.3 is 0 Å². The molecule has 0 saturated heterocycles. The van der Waals surface area contributed by atoms with E-state index in [1.807, 2.05) is 0 Å². The van der Waals surface area contributed by atoms with Crippen molar-refractivity contribution in [2.75, 3.05) is 65.4 Å². The van der Waals surface area contributed by atoms with Gasteiger partial charge in [-0.3, -0.25) is 0 Å². The minimum absolute atomic E-state index is 0.848. The predicted molar refractivity (Wildman–Crippen MR) is 174 cm³/mol. The molecule has 0 radical (unpaired) electrons. The smallest absolute Gasteiger partial charge is 0.00186 e. The summed E-state index contributed by atoms with van der Waals surface area (Å²) >= 11 is 0. The molecule has 0 fully saturated rings. The van der Waals surface area contributed by atoms with Crippen molar-refractivity contribution in [1.29, 1.82) is 0 Å². The molecule has 2 unspecified atom stereocenters. The van der Waals surface area contributed by atoms with Crippen molar-refractivity contribution in [1.82, 2.24) is 20.4 Å². The molecule has 4 heteroatoms. The first-order chi connectivity index (χ1) is 18.6. The van der Waals surface area contributed by atoms with Gasteiger partial charge in [0, 0.05) is 0 Å². The molecule has 0 aliphatic carbocycles. The molecule has 2 atom stereocenters. The molecule has 230 valence electrons. The number of unbranched alkanes of at least 4 members (excludes halogenated alkanes) is 5. The summed E-state index contributed by atoms with van der Waals surface area (Å²) in [6.45, 7) is 26.7. The van der Waals surface area contributed by atoms with Gasteiger partial charge in [0.1, 0.15) is 0 Å². The number of rotatable bonds is 31. The van der Waals surface area contributed by atoms with Crippen LogP contribution in [0.2, 0.25) is 0 Å². The van der Waals surface area contributed by atoms with Crippen molar-refractivity contribution >= 4 is 0 Å². The summed E-state index contributed by atoms with van der Waals surface area (Å²) in [7, 11) is 0. The maximum absolute atomic E-state index is 3.70. The number of hydrogen-bond acceptors (Lipinski definition) is 4. The van der Waals surface area contributed by atoms with Crippen LogP contribution < -0.4 is 10.6 Å². The molecular weight excluding hydrogens is 464 g/mol.